The van der Waals surface area contributed by atoms with Gasteiger partial charge >= 0.3 is 5.97 Å². The molecule has 3 heteroatoms. The van der Waals surface area contributed by atoms with E-state index in [1.165, 1.54) is 83.5 Å². The zero-order valence-corrected chi connectivity index (χ0v) is 16.3. The lowest BCUT2D eigenvalue weighted by atomic mass is 10.0. The van der Waals surface area contributed by atoms with Crippen molar-refractivity contribution in [2.75, 3.05) is 13.2 Å². The van der Waals surface area contributed by atoms with Crippen molar-refractivity contribution < 1.29 is 9.53 Å². The molecule has 0 fully saturated rings. The Morgan fingerprint density at radius 1 is 0.667 bits per heavy atom. The van der Waals surface area contributed by atoms with Crippen molar-refractivity contribution in [3.05, 3.63) is 0 Å². The van der Waals surface area contributed by atoms with Gasteiger partial charge in [-0.25, -0.2) is 0 Å². The minimum Gasteiger partial charge on any atom is -0.466 e. The molecule has 144 valence electrons. The fraction of sp³-hybridized carbons (Fsp3) is 0.952. The van der Waals surface area contributed by atoms with Crippen LogP contribution in [0.3, 0.4) is 0 Å². The van der Waals surface area contributed by atoms with Crippen LogP contribution < -0.4 is 5.73 Å². The second-order valence-electron chi connectivity index (χ2n) is 7.06. The van der Waals surface area contributed by atoms with Crippen molar-refractivity contribution in [2.45, 2.75) is 116 Å². The van der Waals surface area contributed by atoms with E-state index in [1.807, 2.05) is 0 Å². The molecule has 0 unspecified atom stereocenters. The molecule has 0 aromatic heterocycles. The van der Waals surface area contributed by atoms with E-state index < -0.39 is 0 Å². The molecule has 0 aliphatic rings. The van der Waals surface area contributed by atoms with Crippen molar-refractivity contribution >= 4 is 5.97 Å². The predicted molar refractivity (Wildman–Crippen MR) is 104 cm³/mol. The highest BCUT2D eigenvalue weighted by atomic mass is 16.5. The van der Waals surface area contributed by atoms with Gasteiger partial charge in [0, 0.05) is 6.42 Å². The molecule has 0 saturated heterocycles. The summed E-state index contributed by atoms with van der Waals surface area (Å²) in [7, 11) is 0. The van der Waals surface area contributed by atoms with Gasteiger partial charge in [0.15, 0.2) is 0 Å². The SMILES string of the molecule is CCCCCCCCCCCCCCCCOC(=O)CCCCN. The molecule has 0 saturated carbocycles. The van der Waals surface area contributed by atoms with E-state index in [-0.39, 0.29) is 5.97 Å². The largest absolute Gasteiger partial charge is 0.466 e. The first-order valence-corrected chi connectivity index (χ1v) is 10.7. The zero-order valence-electron chi connectivity index (χ0n) is 16.3. The lowest BCUT2D eigenvalue weighted by molar-refractivity contribution is -0.143. The highest BCUT2D eigenvalue weighted by Gasteiger charge is 2.01. The third-order valence-electron chi connectivity index (χ3n) is 4.60. The third-order valence-corrected chi connectivity index (χ3v) is 4.60. The maximum Gasteiger partial charge on any atom is 0.305 e. The highest BCUT2D eigenvalue weighted by Crippen LogP contribution is 2.13. The van der Waals surface area contributed by atoms with Gasteiger partial charge in [0.2, 0.25) is 0 Å². The molecule has 24 heavy (non-hydrogen) atoms. The maximum absolute atomic E-state index is 11.4. The predicted octanol–water partition coefficient (Wildman–Crippen LogP) is 6.14. The van der Waals surface area contributed by atoms with E-state index in [1.54, 1.807) is 0 Å². The number of hydrogen-bond donors (Lipinski definition) is 1. The molecule has 0 atom stereocenters. The van der Waals surface area contributed by atoms with Gasteiger partial charge in [0.25, 0.3) is 0 Å². The van der Waals surface area contributed by atoms with Crippen LogP contribution in [0.1, 0.15) is 116 Å². The Balaban J connectivity index is 3.06. The maximum atomic E-state index is 11.4. The molecule has 0 radical (unpaired) electrons. The van der Waals surface area contributed by atoms with Gasteiger partial charge in [0.1, 0.15) is 0 Å². The summed E-state index contributed by atoms with van der Waals surface area (Å²) in [5.74, 6) is -0.0573. The normalized spacial score (nSPS) is 10.9. The second-order valence-corrected chi connectivity index (χ2v) is 7.06. The number of hydrogen-bond acceptors (Lipinski definition) is 3. The molecule has 0 aromatic carbocycles. The van der Waals surface area contributed by atoms with Crippen LogP contribution in [0.4, 0.5) is 0 Å². The van der Waals surface area contributed by atoms with Gasteiger partial charge in [-0.3, -0.25) is 4.79 Å². The van der Waals surface area contributed by atoms with Gasteiger partial charge in [-0.15, -0.1) is 0 Å². The molecule has 2 N–H and O–H groups in total. The number of ether oxygens (including phenoxy) is 1. The van der Waals surface area contributed by atoms with Crippen molar-refractivity contribution in [1.82, 2.24) is 0 Å². The van der Waals surface area contributed by atoms with Gasteiger partial charge in [0.05, 0.1) is 6.61 Å². The van der Waals surface area contributed by atoms with Crippen LogP contribution in [-0.4, -0.2) is 19.1 Å². The quantitative estimate of drug-likeness (QED) is 0.227. The summed E-state index contributed by atoms with van der Waals surface area (Å²) in [5.41, 5.74) is 5.40. The molecule has 0 spiro atoms. The molecule has 0 aromatic rings. The van der Waals surface area contributed by atoms with E-state index in [2.05, 4.69) is 6.92 Å². The third kappa shape index (κ3) is 19.5. The lowest BCUT2D eigenvalue weighted by Gasteiger charge is -2.05. The fourth-order valence-electron chi connectivity index (χ4n) is 2.97. The standard InChI is InChI=1S/C21H43NO2/c1-2-3-4-5-6-7-8-9-10-11-12-13-14-17-20-24-21(23)18-15-16-19-22/h2-20,22H2,1H3. The summed E-state index contributed by atoms with van der Waals surface area (Å²) in [4.78, 5) is 11.4. The van der Waals surface area contributed by atoms with Crippen molar-refractivity contribution in [3.63, 3.8) is 0 Å². The second kappa shape index (κ2) is 20.5. The average molecular weight is 342 g/mol. The number of carbonyl (C=O) groups is 1. The zero-order chi connectivity index (χ0) is 17.7. The first kappa shape index (κ1) is 23.4. The molecule has 3 nitrogen and oxygen atoms in total. The average Bonchev–Trinajstić information content (AvgIpc) is 2.58. The Morgan fingerprint density at radius 3 is 1.58 bits per heavy atom. The summed E-state index contributed by atoms with van der Waals surface area (Å²) >= 11 is 0. The van der Waals surface area contributed by atoms with E-state index in [0.29, 0.717) is 19.6 Å². The van der Waals surface area contributed by atoms with Crippen LogP contribution >= 0.6 is 0 Å². The Bertz CT molecular complexity index is 256. The monoisotopic (exact) mass is 341 g/mol. The van der Waals surface area contributed by atoms with Crippen LogP contribution in [-0.2, 0) is 9.53 Å². The topological polar surface area (TPSA) is 52.3 Å². The van der Waals surface area contributed by atoms with Crippen molar-refractivity contribution in [2.24, 2.45) is 5.73 Å². The molecule has 0 aliphatic heterocycles. The van der Waals surface area contributed by atoms with E-state index >= 15 is 0 Å². The van der Waals surface area contributed by atoms with Crippen LogP contribution in [0.5, 0.6) is 0 Å². The summed E-state index contributed by atoms with van der Waals surface area (Å²) in [6.45, 7) is 3.53. The summed E-state index contributed by atoms with van der Waals surface area (Å²) in [6.07, 6.45) is 21.2. The van der Waals surface area contributed by atoms with E-state index in [0.717, 1.165) is 19.3 Å². The molecule has 0 bridgehead atoms. The first-order valence-electron chi connectivity index (χ1n) is 10.7. The van der Waals surface area contributed by atoms with Gasteiger partial charge in [-0.05, 0) is 25.8 Å². The lowest BCUT2D eigenvalue weighted by Crippen LogP contribution is -2.07. The van der Waals surface area contributed by atoms with Gasteiger partial charge < -0.3 is 10.5 Å². The smallest absolute Gasteiger partial charge is 0.305 e. The number of esters is 1. The van der Waals surface area contributed by atoms with Crippen LogP contribution in [0.2, 0.25) is 0 Å². The minimum atomic E-state index is -0.0573. The molecule has 0 amide bonds. The Hall–Kier alpha value is -0.570. The van der Waals surface area contributed by atoms with E-state index in [4.69, 9.17) is 10.5 Å². The van der Waals surface area contributed by atoms with Crippen LogP contribution in [0, 0.1) is 0 Å². The van der Waals surface area contributed by atoms with E-state index in [9.17, 15) is 4.79 Å². The van der Waals surface area contributed by atoms with Gasteiger partial charge in [-0.2, -0.15) is 0 Å². The van der Waals surface area contributed by atoms with Crippen LogP contribution in [0.15, 0.2) is 0 Å². The molecule has 0 heterocycles. The van der Waals surface area contributed by atoms with Gasteiger partial charge in [-0.1, -0.05) is 90.4 Å². The molecule has 0 aliphatic carbocycles. The highest BCUT2D eigenvalue weighted by molar-refractivity contribution is 5.69. The number of unbranched alkanes of at least 4 members (excludes halogenated alkanes) is 14. The molecular formula is C21H43NO2. The Labute approximate surface area is 151 Å². The summed E-state index contributed by atoms with van der Waals surface area (Å²) < 4.78 is 5.22. The Morgan fingerprint density at radius 2 is 1.12 bits per heavy atom. The number of nitrogens with two attached hydrogens (primary N) is 1. The van der Waals surface area contributed by atoms with Crippen molar-refractivity contribution in [3.8, 4) is 0 Å². The number of carbonyl (C=O) groups excluding carboxylic acids is 1. The minimum absolute atomic E-state index is 0.0573. The molecule has 0 rings (SSSR count). The number of rotatable bonds is 19. The summed E-state index contributed by atoms with van der Waals surface area (Å²) in [5, 5.41) is 0. The summed E-state index contributed by atoms with van der Waals surface area (Å²) in [6, 6.07) is 0. The Kier molecular flexibility index (Phi) is 20.0. The molecular weight excluding hydrogens is 298 g/mol. The van der Waals surface area contributed by atoms with Crippen LogP contribution in [0.25, 0.3) is 0 Å². The first-order chi connectivity index (χ1) is 11.8. The fourth-order valence-corrected chi connectivity index (χ4v) is 2.97. The van der Waals surface area contributed by atoms with Crippen molar-refractivity contribution in [1.29, 1.82) is 0 Å².